The molecule has 0 saturated heterocycles. The first kappa shape index (κ1) is 87.2. The Morgan fingerprint density at radius 2 is 0.233 bits per heavy atom. The second-order valence-electron chi connectivity index (χ2n) is 34.7. The lowest BCUT2D eigenvalue weighted by atomic mass is 10.0. The summed E-state index contributed by atoms with van der Waals surface area (Å²) in [5.41, 5.74) is 46.8. The molecule has 0 atom stereocenters. The van der Waals surface area contributed by atoms with Gasteiger partial charge in [0.25, 0.3) is 0 Å². The molecule has 6 nitrogen and oxygen atoms in total. The fourth-order valence-corrected chi connectivity index (χ4v) is 16.8. The summed E-state index contributed by atoms with van der Waals surface area (Å²) >= 11 is 0. The van der Waals surface area contributed by atoms with Gasteiger partial charge in [-0.1, -0.05) is 274 Å². The molecule has 0 heterocycles. The van der Waals surface area contributed by atoms with Crippen molar-refractivity contribution in [3.05, 3.63) is 502 Å². The lowest BCUT2D eigenvalue weighted by Crippen LogP contribution is -2.13. The van der Waals surface area contributed by atoms with Gasteiger partial charge in [0.05, 0.1) is 5.69 Å². The van der Waals surface area contributed by atoms with Gasteiger partial charge >= 0.3 is 0 Å². The van der Waals surface area contributed by atoms with Crippen LogP contribution in [-0.2, 0) is 0 Å². The molecule has 0 spiro atoms. The van der Waals surface area contributed by atoms with E-state index in [9.17, 15) is 0 Å². The summed E-state index contributed by atoms with van der Waals surface area (Å²) in [7, 11) is 0. The van der Waals surface area contributed by atoms with Crippen molar-refractivity contribution in [1.29, 1.82) is 0 Å². The Hall–Kier alpha value is -15.2. The molecule has 0 aliphatic rings. The van der Waals surface area contributed by atoms with E-state index >= 15 is 0 Å². The lowest BCUT2D eigenvalue weighted by Gasteiger charge is -2.29. The molecule has 0 radical (unpaired) electrons. The molecule has 0 N–H and O–H groups in total. The molecule has 6 heteroatoms. The molecular formula is C123H114N6. The van der Waals surface area contributed by atoms with Crippen molar-refractivity contribution in [2.45, 2.75) is 104 Å². The molecule has 129 heavy (non-hydrogen) atoms. The molecule has 0 amide bonds. The van der Waals surface area contributed by atoms with Crippen molar-refractivity contribution in [2.75, 3.05) is 29.4 Å². The zero-order valence-electron chi connectivity index (χ0n) is 77.0. The molecule has 636 valence electrons. The first-order valence-corrected chi connectivity index (χ1v) is 44.8. The zero-order chi connectivity index (χ0) is 89.8. The Kier molecular flexibility index (Phi) is 26.7. The normalized spacial score (nSPS) is 10.9. The summed E-state index contributed by atoms with van der Waals surface area (Å²) < 4.78 is 0. The van der Waals surface area contributed by atoms with Crippen LogP contribution in [0.4, 0.5) is 102 Å². The topological polar surface area (TPSA) is 19.4 Å². The van der Waals surface area contributed by atoms with E-state index in [2.05, 4.69) is 552 Å². The number of benzene rings is 18. The van der Waals surface area contributed by atoms with Crippen LogP contribution in [0.3, 0.4) is 0 Å². The predicted molar refractivity (Wildman–Crippen MR) is 555 cm³/mol. The van der Waals surface area contributed by atoms with E-state index in [0.717, 1.165) is 96.7 Å². The Morgan fingerprint density at radius 3 is 0.388 bits per heavy atom. The van der Waals surface area contributed by atoms with E-state index < -0.39 is 0 Å². The standard InChI is InChI=1S/C42H40N2.C41H38N2.C40H36N2/c1-29-7-17-37(18-8-29)43(38-19-9-30(2)10-20-38)39-23-13-35(14-24-39)36-15-25-41(26-16-36)44(40-21-11-31(3)12-22-40)42-33(5)27-32(4)28-34(42)6;1-29-6-17-36(18-7-29)42(37-19-8-30(2)9-20-37)39-24-13-34(14-25-39)35-15-26-40(27-16-35)43(38-21-10-31(3)11-22-38)41-23-12-32(4)33(5)28-41;1-29-5-17-35(18-6-29)41(36-19-7-30(2)8-20-36)39-25-13-33(14-26-39)34-15-27-40(28-16-34)42(37-21-9-31(3)10-22-37)38-23-11-32(4)12-24-38/h7-28H,1-6H3;6-28H,1-5H3;5-28H,1-4H3. The van der Waals surface area contributed by atoms with E-state index in [4.69, 9.17) is 0 Å². The van der Waals surface area contributed by atoms with Gasteiger partial charge in [0.15, 0.2) is 0 Å². The van der Waals surface area contributed by atoms with Crippen LogP contribution in [-0.4, -0.2) is 0 Å². The van der Waals surface area contributed by atoms with Gasteiger partial charge in [-0.05, 0) is 366 Å². The van der Waals surface area contributed by atoms with Crippen molar-refractivity contribution in [3.8, 4) is 33.4 Å². The van der Waals surface area contributed by atoms with Crippen LogP contribution in [0.1, 0.15) is 83.5 Å². The molecule has 0 saturated carbocycles. The number of hydrogen-bond donors (Lipinski definition) is 0. The van der Waals surface area contributed by atoms with E-state index in [-0.39, 0.29) is 0 Å². The van der Waals surface area contributed by atoms with Crippen LogP contribution < -0.4 is 29.4 Å². The highest BCUT2D eigenvalue weighted by molar-refractivity contribution is 5.87. The van der Waals surface area contributed by atoms with Crippen LogP contribution in [0, 0.1) is 104 Å². The van der Waals surface area contributed by atoms with Crippen molar-refractivity contribution >= 4 is 102 Å². The van der Waals surface area contributed by atoms with Gasteiger partial charge in [0, 0.05) is 96.7 Å². The number of hydrogen-bond acceptors (Lipinski definition) is 6. The van der Waals surface area contributed by atoms with Crippen LogP contribution in [0.15, 0.2) is 419 Å². The average Bonchev–Trinajstić information content (AvgIpc) is 0.771. The maximum atomic E-state index is 2.39. The number of aryl methyl sites for hydroxylation is 15. The lowest BCUT2D eigenvalue weighted by molar-refractivity contribution is 1.20. The van der Waals surface area contributed by atoms with Gasteiger partial charge in [-0.25, -0.2) is 0 Å². The summed E-state index contributed by atoms with van der Waals surface area (Å²) in [4.78, 5) is 14.0. The maximum absolute atomic E-state index is 2.39. The highest BCUT2D eigenvalue weighted by Gasteiger charge is 2.23. The minimum atomic E-state index is 1.13. The molecule has 0 unspecified atom stereocenters. The third kappa shape index (κ3) is 20.8. The molecule has 18 rings (SSSR count). The summed E-state index contributed by atoms with van der Waals surface area (Å²) in [6.07, 6.45) is 0. The Morgan fingerprint density at radius 1 is 0.101 bits per heavy atom. The Labute approximate surface area is 765 Å². The molecular weight excluding hydrogens is 1560 g/mol. The van der Waals surface area contributed by atoms with Gasteiger partial charge in [0.2, 0.25) is 0 Å². The highest BCUT2D eigenvalue weighted by atomic mass is 15.2. The van der Waals surface area contributed by atoms with Crippen LogP contribution in [0.5, 0.6) is 0 Å². The molecule has 0 fully saturated rings. The van der Waals surface area contributed by atoms with E-state index in [1.807, 2.05) is 0 Å². The first-order valence-electron chi connectivity index (χ1n) is 44.8. The minimum absolute atomic E-state index is 1.13. The summed E-state index contributed by atoms with van der Waals surface area (Å²) in [6, 6.07) is 152. The summed E-state index contributed by atoms with van der Waals surface area (Å²) in [5.74, 6) is 0. The Balaban J connectivity index is 0.000000142. The maximum Gasteiger partial charge on any atom is 0.0520 e. The molecule has 0 bridgehead atoms. The predicted octanol–water partition coefficient (Wildman–Crippen LogP) is 35.5. The Bertz CT molecular complexity index is 6410. The first-order chi connectivity index (χ1) is 62.6. The zero-order valence-corrected chi connectivity index (χ0v) is 77.0. The van der Waals surface area contributed by atoms with E-state index in [1.165, 1.54) is 123 Å². The van der Waals surface area contributed by atoms with E-state index in [1.54, 1.807) is 0 Å². The van der Waals surface area contributed by atoms with Gasteiger partial charge < -0.3 is 29.4 Å². The molecule has 18 aromatic carbocycles. The monoisotopic (exact) mass is 1670 g/mol. The van der Waals surface area contributed by atoms with Crippen LogP contribution >= 0.6 is 0 Å². The third-order valence-corrected chi connectivity index (χ3v) is 24.3. The van der Waals surface area contributed by atoms with Crippen LogP contribution in [0.25, 0.3) is 33.4 Å². The molecule has 18 aromatic rings. The average molecular weight is 1680 g/mol. The van der Waals surface area contributed by atoms with Crippen molar-refractivity contribution in [1.82, 2.24) is 0 Å². The number of anilines is 18. The fourth-order valence-electron chi connectivity index (χ4n) is 16.8. The van der Waals surface area contributed by atoms with Crippen molar-refractivity contribution in [3.63, 3.8) is 0 Å². The fraction of sp³-hybridized carbons (Fsp3) is 0.122. The van der Waals surface area contributed by atoms with Gasteiger partial charge in [-0.2, -0.15) is 0 Å². The van der Waals surface area contributed by atoms with Gasteiger partial charge in [-0.15, -0.1) is 0 Å². The number of rotatable bonds is 21. The molecule has 0 aliphatic carbocycles. The van der Waals surface area contributed by atoms with Crippen molar-refractivity contribution in [2.24, 2.45) is 0 Å². The third-order valence-electron chi connectivity index (χ3n) is 24.3. The second-order valence-corrected chi connectivity index (χ2v) is 34.7. The van der Waals surface area contributed by atoms with Crippen LogP contribution in [0.2, 0.25) is 0 Å². The SMILES string of the molecule is Cc1ccc(N(c2ccc(C)cc2)c2ccc(-c3ccc(N(c4ccc(C)cc4)c4c(C)cc(C)cc4C)cc3)cc2)cc1.Cc1ccc(N(c2ccc(C)cc2)c2ccc(-c3ccc(N(c4ccc(C)cc4)c4ccc(C)c(C)c4)cc3)cc2)cc1.Cc1ccc(N(c2ccc(C)cc2)c2ccc(-c3ccc(N(c4ccc(C)cc4)c4ccc(C)cc4)cc3)cc2)cc1. The molecule has 0 aromatic heterocycles. The summed E-state index contributed by atoms with van der Waals surface area (Å²) in [5, 5.41) is 0. The van der Waals surface area contributed by atoms with Gasteiger partial charge in [-0.3, -0.25) is 0 Å². The highest BCUT2D eigenvalue weighted by Crippen LogP contribution is 2.46. The van der Waals surface area contributed by atoms with E-state index in [0.29, 0.717) is 0 Å². The van der Waals surface area contributed by atoms with Gasteiger partial charge in [0.1, 0.15) is 0 Å². The number of nitrogens with zero attached hydrogens (tertiary/aromatic N) is 6. The summed E-state index contributed by atoms with van der Waals surface area (Å²) in [6.45, 7) is 32.2. The largest absolute Gasteiger partial charge is 0.311 e. The smallest absolute Gasteiger partial charge is 0.0520 e. The van der Waals surface area contributed by atoms with Crippen molar-refractivity contribution < 1.29 is 0 Å². The molecule has 0 aliphatic heterocycles. The minimum Gasteiger partial charge on any atom is -0.311 e. The quantitative estimate of drug-likeness (QED) is 0.0709. The second kappa shape index (κ2) is 39.5.